The molecule has 2 N–H and O–H groups in total. The average molecular weight is 433 g/mol. The monoisotopic (exact) mass is 432 g/mol. The van der Waals surface area contributed by atoms with Gasteiger partial charge in [-0.15, -0.1) is 0 Å². The van der Waals surface area contributed by atoms with Crippen molar-refractivity contribution >= 4 is 46.4 Å². The summed E-state index contributed by atoms with van der Waals surface area (Å²) in [6, 6.07) is 17.6. The molecule has 3 rings (SSSR count). The van der Waals surface area contributed by atoms with Gasteiger partial charge in [0, 0.05) is 17.4 Å². The molecule has 3 aromatic rings. The molecule has 2 amide bonds. The van der Waals surface area contributed by atoms with Crippen molar-refractivity contribution in [3.63, 3.8) is 0 Å². The van der Waals surface area contributed by atoms with E-state index in [0.29, 0.717) is 17.1 Å². The van der Waals surface area contributed by atoms with Crippen LogP contribution in [0.5, 0.6) is 5.75 Å². The molecule has 29 heavy (non-hydrogen) atoms. The number of amides is 2. The maximum atomic E-state index is 13.6. The zero-order valence-corrected chi connectivity index (χ0v) is 16.4. The highest BCUT2D eigenvalue weighted by Crippen LogP contribution is 2.26. The van der Waals surface area contributed by atoms with Crippen molar-refractivity contribution < 1.29 is 18.7 Å². The van der Waals surface area contributed by atoms with E-state index in [1.807, 2.05) is 6.07 Å². The molecule has 0 bridgehead atoms. The number of ether oxygens (including phenoxy) is 1. The van der Waals surface area contributed by atoms with Crippen molar-refractivity contribution in [1.29, 1.82) is 0 Å². The van der Waals surface area contributed by atoms with Crippen LogP contribution in [0.25, 0.3) is 0 Å². The molecule has 0 aliphatic rings. The summed E-state index contributed by atoms with van der Waals surface area (Å²) in [7, 11) is 0. The van der Waals surface area contributed by atoms with Crippen LogP contribution in [0.15, 0.2) is 66.7 Å². The van der Waals surface area contributed by atoms with Crippen molar-refractivity contribution in [3.8, 4) is 5.75 Å². The van der Waals surface area contributed by atoms with Crippen LogP contribution in [0, 0.1) is 5.82 Å². The highest BCUT2D eigenvalue weighted by molar-refractivity contribution is 6.37. The van der Waals surface area contributed by atoms with E-state index in [0.717, 1.165) is 12.1 Å². The molecule has 0 atom stereocenters. The van der Waals surface area contributed by atoms with E-state index in [1.54, 1.807) is 42.5 Å². The summed E-state index contributed by atoms with van der Waals surface area (Å²) in [5.41, 5.74) is 0.999. The van der Waals surface area contributed by atoms with Gasteiger partial charge in [0.1, 0.15) is 11.6 Å². The van der Waals surface area contributed by atoms with Crippen LogP contribution in [0.3, 0.4) is 0 Å². The molecule has 0 fully saturated rings. The van der Waals surface area contributed by atoms with E-state index >= 15 is 0 Å². The zero-order valence-electron chi connectivity index (χ0n) is 14.9. The van der Waals surface area contributed by atoms with Gasteiger partial charge in [-0.05, 0) is 36.4 Å². The number of rotatable bonds is 6. The van der Waals surface area contributed by atoms with Crippen LogP contribution in [0.4, 0.5) is 15.8 Å². The van der Waals surface area contributed by atoms with E-state index < -0.39 is 11.7 Å². The number of hydrogen-bond donors (Lipinski definition) is 2. The molecule has 0 saturated carbocycles. The van der Waals surface area contributed by atoms with Gasteiger partial charge >= 0.3 is 0 Å². The van der Waals surface area contributed by atoms with Gasteiger partial charge < -0.3 is 15.4 Å². The van der Waals surface area contributed by atoms with E-state index in [9.17, 15) is 14.0 Å². The molecule has 0 heterocycles. The number of halogens is 3. The predicted octanol–water partition coefficient (Wildman–Crippen LogP) is 5.40. The maximum Gasteiger partial charge on any atom is 0.262 e. The van der Waals surface area contributed by atoms with Gasteiger partial charge in [0.05, 0.1) is 15.6 Å². The first-order valence-electron chi connectivity index (χ1n) is 8.46. The number of anilines is 2. The molecule has 0 saturated heterocycles. The predicted molar refractivity (Wildman–Crippen MR) is 111 cm³/mol. The van der Waals surface area contributed by atoms with Crippen LogP contribution in [-0.2, 0) is 4.79 Å². The Morgan fingerprint density at radius 3 is 2.34 bits per heavy atom. The molecule has 8 heteroatoms. The van der Waals surface area contributed by atoms with E-state index in [1.165, 1.54) is 6.07 Å². The Morgan fingerprint density at radius 2 is 1.59 bits per heavy atom. The lowest BCUT2D eigenvalue weighted by Crippen LogP contribution is -2.20. The minimum absolute atomic E-state index is 0.0267. The van der Waals surface area contributed by atoms with Crippen LogP contribution in [-0.4, -0.2) is 18.4 Å². The molecule has 0 spiro atoms. The summed E-state index contributed by atoms with van der Waals surface area (Å²) >= 11 is 11.6. The van der Waals surface area contributed by atoms with Gasteiger partial charge in [-0.25, -0.2) is 4.39 Å². The number of hydrogen-bond acceptors (Lipinski definition) is 3. The zero-order chi connectivity index (χ0) is 20.8. The molecule has 148 valence electrons. The molecule has 3 aromatic carbocycles. The van der Waals surface area contributed by atoms with Gasteiger partial charge in [-0.2, -0.15) is 0 Å². The SMILES string of the molecule is O=C(COc1cccc(NC(=O)c2cc(F)c(Cl)cc2Cl)c1)Nc1ccccc1. The second-order valence-corrected chi connectivity index (χ2v) is 6.75. The van der Waals surface area contributed by atoms with Crippen molar-refractivity contribution in [2.45, 2.75) is 0 Å². The standard InChI is InChI=1S/C21H15Cl2FN2O3/c22-17-11-18(23)19(24)10-16(17)21(28)26-14-7-4-8-15(9-14)29-12-20(27)25-13-5-2-1-3-6-13/h1-11H,12H2,(H,25,27)(H,26,28). The lowest BCUT2D eigenvalue weighted by Gasteiger charge is -2.10. The Kier molecular flexibility index (Phi) is 6.69. The minimum Gasteiger partial charge on any atom is -0.484 e. The number of para-hydroxylation sites is 1. The third-order valence-corrected chi connectivity index (χ3v) is 4.38. The summed E-state index contributed by atoms with van der Waals surface area (Å²) < 4.78 is 19.1. The second kappa shape index (κ2) is 9.41. The van der Waals surface area contributed by atoms with Gasteiger partial charge in [-0.3, -0.25) is 9.59 Å². The molecule has 0 aliphatic heterocycles. The smallest absolute Gasteiger partial charge is 0.262 e. The minimum atomic E-state index is -0.747. The second-order valence-electron chi connectivity index (χ2n) is 5.93. The molecule has 0 unspecified atom stereocenters. The van der Waals surface area contributed by atoms with Crippen LogP contribution in [0.2, 0.25) is 10.0 Å². The van der Waals surface area contributed by atoms with Crippen molar-refractivity contribution in [3.05, 3.63) is 88.2 Å². The Bertz CT molecular complexity index is 1050. The first kappa shape index (κ1) is 20.6. The normalized spacial score (nSPS) is 10.3. The molecule has 0 radical (unpaired) electrons. The number of carbonyl (C=O) groups excluding carboxylic acids is 2. The quantitative estimate of drug-likeness (QED) is 0.512. The van der Waals surface area contributed by atoms with Crippen molar-refractivity contribution in [1.82, 2.24) is 0 Å². The maximum absolute atomic E-state index is 13.6. The number of carbonyl (C=O) groups is 2. The van der Waals surface area contributed by atoms with Crippen LogP contribution >= 0.6 is 23.2 Å². The lowest BCUT2D eigenvalue weighted by molar-refractivity contribution is -0.118. The molecule has 0 aromatic heterocycles. The topological polar surface area (TPSA) is 67.4 Å². The van der Waals surface area contributed by atoms with E-state index in [-0.39, 0.29) is 28.1 Å². The fourth-order valence-corrected chi connectivity index (χ4v) is 2.90. The third kappa shape index (κ3) is 5.70. The number of benzene rings is 3. The summed E-state index contributed by atoms with van der Waals surface area (Å²) in [6.45, 7) is -0.208. The Labute approximate surface area is 176 Å². The lowest BCUT2D eigenvalue weighted by atomic mass is 10.2. The van der Waals surface area contributed by atoms with E-state index in [4.69, 9.17) is 27.9 Å². The molecular weight excluding hydrogens is 418 g/mol. The summed E-state index contributed by atoms with van der Waals surface area (Å²) in [5.74, 6) is -1.30. The fraction of sp³-hybridized carbons (Fsp3) is 0.0476. The van der Waals surface area contributed by atoms with Gasteiger partial charge in [-0.1, -0.05) is 47.5 Å². The summed E-state index contributed by atoms with van der Waals surface area (Å²) in [5, 5.41) is 5.16. The number of nitrogens with one attached hydrogen (secondary N) is 2. The van der Waals surface area contributed by atoms with Gasteiger partial charge in [0.15, 0.2) is 6.61 Å². The Morgan fingerprint density at radius 1 is 0.862 bits per heavy atom. The average Bonchev–Trinajstić information content (AvgIpc) is 2.70. The van der Waals surface area contributed by atoms with Crippen LogP contribution in [0.1, 0.15) is 10.4 Å². The van der Waals surface area contributed by atoms with Gasteiger partial charge in [0.2, 0.25) is 0 Å². The van der Waals surface area contributed by atoms with Crippen molar-refractivity contribution in [2.24, 2.45) is 0 Å². The highest BCUT2D eigenvalue weighted by atomic mass is 35.5. The molecule has 5 nitrogen and oxygen atoms in total. The Balaban J connectivity index is 1.61. The first-order chi connectivity index (χ1) is 13.9. The fourth-order valence-electron chi connectivity index (χ4n) is 2.43. The third-order valence-electron chi connectivity index (χ3n) is 3.77. The van der Waals surface area contributed by atoms with Crippen LogP contribution < -0.4 is 15.4 Å². The highest BCUT2D eigenvalue weighted by Gasteiger charge is 2.15. The Hall–Kier alpha value is -3.09. The van der Waals surface area contributed by atoms with Crippen molar-refractivity contribution in [2.75, 3.05) is 17.2 Å². The molecular formula is C21H15Cl2FN2O3. The molecule has 0 aliphatic carbocycles. The van der Waals surface area contributed by atoms with E-state index in [2.05, 4.69) is 10.6 Å². The van der Waals surface area contributed by atoms with Gasteiger partial charge in [0.25, 0.3) is 11.8 Å². The summed E-state index contributed by atoms with van der Waals surface area (Å²) in [6.07, 6.45) is 0. The largest absolute Gasteiger partial charge is 0.484 e. The summed E-state index contributed by atoms with van der Waals surface area (Å²) in [4.78, 5) is 24.3. The first-order valence-corrected chi connectivity index (χ1v) is 9.21.